The second-order valence-corrected chi connectivity index (χ2v) is 6.44. The van der Waals surface area contributed by atoms with Gasteiger partial charge in [0.05, 0.1) is 12.7 Å². The van der Waals surface area contributed by atoms with Crippen LogP contribution in [0.3, 0.4) is 0 Å². The highest BCUT2D eigenvalue weighted by molar-refractivity contribution is 9.10. The summed E-state index contributed by atoms with van der Waals surface area (Å²) in [6.07, 6.45) is 0.647. The molecule has 18 heavy (non-hydrogen) atoms. The van der Waals surface area contributed by atoms with Crippen LogP contribution >= 0.6 is 27.7 Å². The van der Waals surface area contributed by atoms with Gasteiger partial charge in [0.1, 0.15) is 0 Å². The van der Waals surface area contributed by atoms with E-state index in [1.165, 1.54) is 10.5 Å². The number of fused-ring (bicyclic) bond motifs is 1. The number of nitrogens with one attached hydrogen (secondary N) is 1. The fraction of sp³-hybridized carbons (Fsp3) is 0.538. The van der Waals surface area contributed by atoms with E-state index in [0.717, 1.165) is 16.6 Å². The first-order chi connectivity index (χ1) is 8.70. The second-order valence-electron chi connectivity index (χ2n) is 4.39. The maximum Gasteiger partial charge on any atom is 0.0897 e. The van der Waals surface area contributed by atoms with E-state index in [1.54, 1.807) is 7.11 Å². The molecular weight excluding hydrogens is 314 g/mol. The molecule has 0 saturated carbocycles. The summed E-state index contributed by atoms with van der Waals surface area (Å²) < 4.78 is 6.04. The van der Waals surface area contributed by atoms with Crippen molar-refractivity contribution in [2.45, 2.75) is 23.5 Å². The van der Waals surface area contributed by atoms with Crippen LogP contribution < -0.4 is 5.32 Å². The van der Waals surface area contributed by atoms with Crippen molar-refractivity contribution in [1.82, 2.24) is 5.32 Å². The third kappa shape index (κ3) is 3.71. The van der Waals surface area contributed by atoms with Gasteiger partial charge in [0.2, 0.25) is 0 Å². The zero-order valence-corrected chi connectivity index (χ0v) is 12.8. The van der Waals surface area contributed by atoms with Crippen molar-refractivity contribution in [1.29, 1.82) is 0 Å². The highest BCUT2D eigenvalue weighted by atomic mass is 79.9. The molecule has 0 amide bonds. The van der Waals surface area contributed by atoms with E-state index in [4.69, 9.17) is 4.74 Å². The molecule has 1 aliphatic heterocycles. The number of halogens is 1. The summed E-state index contributed by atoms with van der Waals surface area (Å²) in [5.74, 6) is 1.12. The molecule has 2 rings (SSSR count). The van der Waals surface area contributed by atoms with Gasteiger partial charge in [-0.1, -0.05) is 15.9 Å². The fourth-order valence-electron chi connectivity index (χ4n) is 2.11. The molecule has 0 aliphatic carbocycles. The number of aliphatic hydroxyl groups is 1. The minimum Gasteiger partial charge on any atom is -0.389 e. The quantitative estimate of drug-likeness (QED) is 0.870. The second kappa shape index (κ2) is 6.91. The first-order valence-corrected chi connectivity index (χ1v) is 7.81. The van der Waals surface area contributed by atoms with Crippen molar-refractivity contribution in [2.24, 2.45) is 0 Å². The van der Waals surface area contributed by atoms with Gasteiger partial charge in [-0.3, -0.25) is 0 Å². The lowest BCUT2D eigenvalue weighted by atomic mass is 10.0. The summed E-state index contributed by atoms with van der Waals surface area (Å²) in [6.45, 7) is 0.939. The third-order valence-corrected chi connectivity index (χ3v) is 4.59. The molecule has 0 radical (unpaired) electrons. The molecule has 2 unspecified atom stereocenters. The van der Waals surface area contributed by atoms with Crippen molar-refractivity contribution in [3.63, 3.8) is 0 Å². The van der Waals surface area contributed by atoms with Crippen molar-refractivity contribution in [3.05, 3.63) is 28.2 Å². The van der Waals surface area contributed by atoms with Gasteiger partial charge in [0.25, 0.3) is 0 Å². The molecule has 0 saturated heterocycles. The molecule has 3 nitrogen and oxygen atoms in total. The molecule has 5 heteroatoms. The van der Waals surface area contributed by atoms with E-state index in [2.05, 4.69) is 39.4 Å². The Kier molecular flexibility index (Phi) is 5.51. The topological polar surface area (TPSA) is 41.5 Å². The van der Waals surface area contributed by atoms with Gasteiger partial charge in [-0.05, 0) is 35.9 Å². The standard InChI is InChI=1S/C13H18BrNO2S/c1-17-8-10(16)7-15-12-4-5-18-13-3-2-9(14)6-11(12)13/h2-3,6,10,12,15-16H,4-5,7-8H2,1H3. The predicted octanol–water partition coefficient (Wildman–Crippen LogP) is 2.58. The van der Waals surface area contributed by atoms with Crippen LogP contribution in [0.5, 0.6) is 0 Å². The van der Waals surface area contributed by atoms with Crippen LogP contribution in [-0.2, 0) is 4.74 Å². The summed E-state index contributed by atoms with van der Waals surface area (Å²) in [7, 11) is 1.60. The number of benzene rings is 1. The lowest BCUT2D eigenvalue weighted by Gasteiger charge is -2.27. The summed E-state index contributed by atoms with van der Waals surface area (Å²) >= 11 is 5.41. The maximum absolute atomic E-state index is 9.68. The zero-order valence-electron chi connectivity index (χ0n) is 10.4. The van der Waals surface area contributed by atoms with Gasteiger partial charge in [-0.2, -0.15) is 0 Å². The molecule has 1 aromatic rings. The molecular formula is C13H18BrNO2S. The van der Waals surface area contributed by atoms with Crippen molar-refractivity contribution < 1.29 is 9.84 Å². The van der Waals surface area contributed by atoms with Gasteiger partial charge >= 0.3 is 0 Å². The highest BCUT2D eigenvalue weighted by Crippen LogP contribution is 2.37. The van der Waals surface area contributed by atoms with Crippen LogP contribution in [0.4, 0.5) is 0 Å². The minimum atomic E-state index is -0.444. The fourth-order valence-corrected chi connectivity index (χ4v) is 3.59. The number of hydrogen-bond acceptors (Lipinski definition) is 4. The minimum absolute atomic E-state index is 0.324. The average molecular weight is 332 g/mol. The Morgan fingerprint density at radius 3 is 3.22 bits per heavy atom. The summed E-state index contributed by atoms with van der Waals surface area (Å²) in [5.41, 5.74) is 1.32. The van der Waals surface area contributed by atoms with E-state index in [0.29, 0.717) is 19.2 Å². The number of ether oxygens (including phenoxy) is 1. The SMILES string of the molecule is COCC(O)CNC1CCSc2ccc(Br)cc21. The normalized spacial score (nSPS) is 20.5. The lowest BCUT2D eigenvalue weighted by molar-refractivity contribution is 0.0625. The average Bonchev–Trinajstić information content (AvgIpc) is 2.36. The molecule has 0 fully saturated rings. The molecule has 0 aromatic heterocycles. The van der Waals surface area contributed by atoms with Gasteiger partial charge in [0, 0.05) is 29.1 Å². The van der Waals surface area contributed by atoms with E-state index < -0.39 is 6.10 Å². The molecule has 1 aliphatic rings. The Morgan fingerprint density at radius 2 is 2.44 bits per heavy atom. The Bertz CT molecular complexity index is 403. The van der Waals surface area contributed by atoms with Crippen LogP contribution in [0, 0.1) is 0 Å². The number of methoxy groups -OCH3 is 1. The molecule has 2 atom stereocenters. The van der Waals surface area contributed by atoms with Crippen molar-refractivity contribution in [3.8, 4) is 0 Å². The van der Waals surface area contributed by atoms with Gasteiger partial charge in [-0.15, -0.1) is 11.8 Å². The Hall–Kier alpha value is -0.0700. The monoisotopic (exact) mass is 331 g/mol. The molecule has 1 aromatic carbocycles. The van der Waals surface area contributed by atoms with Crippen molar-refractivity contribution >= 4 is 27.7 Å². The number of hydrogen-bond donors (Lipinski definition) is 2. The largest absolute Gasteiger partial charge is 0.389 e. The van der Waals surface area contributed by atoms with Crippen LogP contribution in [0.1, 0.15) is 18.0 Å². The van der Waals surface area contributed by atoms with Crippen LogP contribution in [0.2, 0.25) is 0 Å². The highest BCUT2D eigenvalue weighted by Gasteiger charge is 2.21. The van der Waals surface area contributed by atoms with Crippen LogP contribution in [0.25, 0.3) is 0 Å². The predicted molar refractivity (Wildman–Crippen MR) is 78.1 cm³/mol. The Morgan fingerprint density at radius 1 is 1.61 bits per heavy atom. The van der Waals surface area contributed by atoms with E-state index in [9.17, 15) is 5.11 Å². The van der Waals surface area contributed by atoms with E-state index in [-0.39, 0.29) is 0 Å². The van der Waals surface area contributed by atoms with E-state index in [1.807, 2.05) is 11.8 Å². The summed E-state index contributed by atoms with van der Waals surface area (Å²) in [6, 6.07) is 6.73. The third-order valence-electron chi connectivity index (χ3n) is 2.97. The van der Waals surface area contributed by atoms with E-state index >= 15 is 0 Å². The summed E-state index contributed by atoms with van der Waals surface area (Å²) in [4.78, 5) is 1.34. The molecule has 0 spiro atoms. The van der Waals surface area contributed by atoms with Gasteiger partial charge < -0.3 is 15.2 Å². The van der Waals surface area contributed by atoms with Crippen molar-refractivity contribution in [2.75, 3.05) is 26.0 Å². The van der Waals surface area contributed by atoms with Crippen LogP contribution in [-0.4, -0.2) is 37.2 Å². The zero-order chi connectivity index (χ0) is 13.0. The molecule has 0 bridgehead atoms. The maximum atomic E-state index is 9.68. The first kappa shape index (κ1) is 14.3. The number of aliphatic hydroxyl groups excluding tert-OH is 1. The molecule has 1 heterocycles. The lowest BCUT2D eigenvalue weighted by Crippen LogP contribution is -2.34. The van der Waals surface area contributed by atoms with Gasteiger partial charge in [0.15, 0.2) is 0 Å². The molecule has 100 valence electrons. The first-order valence-electron chi connectivity index (χ1n) is 6.03. The van der Waals surface area contributed by atoms with Gasteiger partial charge in [-0.25, -0.2) is 0 Å². The number of thioether (sulfide) groups is 1. The Balaban J connectivity index is 2.01. The number of rotatable bonds is 5. The Labute approximate surface area is 120 Å². The molecule has 2 N–H and O–H groups in total. The smallest absolute Gasteiger partial charge is 0.0897 e. The summed E-state index contributed by atoms with van der Waals surface area (Å²) in [5, 5.41) is 13.1. The van der Waals surface area contributed by atoms with Crippen LogP contribution in [0.15, 0.2) is 27.6 Å².